The molecule has 0 saturated carbocycles. The summed E-state index contributed by atoms with van der Waals surface area (Å²) < 4.78 is 26.1. The summed E-state index contributed by atoms with van der Waals surface area (Å²) in [5.74, 6) is -1.66. The van der Waals surface area contributed by atoms with Crippen LogP contribution in [0.15, 0.2) is 82.6 Å². The standard InChI is InChI=1S/C27H29ClN2O6S/c1-18(29-16-25(31)21-4-3-5-22(28)15-21)14-19-6-10-23(11-7-19)37(35,36)24-12-8-20(9-13-24)27(34)30(2)17-26(32)33/h3-13,15,18,25,29,31H,14,16-17H2,1-2H3,(H,32,33)/t18-,25+/m1/s1. The summed E-state index contributed by atoms with van der Waals surface area (Å²) in [5.41, 5.74) is 1.85. The Morgan fingerprint density at radius 1 is 1.00 bits per heavy atom. The number of sulfone groups is 1. The third-order valence-corrected chi connectivity index (χ3v) is 7.82. The van der Waals surface area contributed by atoms with Crippen LogP contribution in [0.25, 0.3) is 0 Å². The molecule has 0 aromatic heterocycles. The number of benzene rings is 3. The van der Waals surface area contributed by atoms with Gasteiger partial charge in [-0.3, -0.25) is 9.59 Å². The fourth-order valence-electron chi connectivity index (χ4n) is 3.78. The molecule has 2 atom stereocenters. The average molecular weight is 545 g/mol. The van der Waals surface area contributed by atoms with Crippen LogP contribution in [0.3, 0.4) is 0 Å². The molecule has 1 amide bonds. The first-order valence-electron chi connectivity index (χ1n) is 11.6. The number of amides is 1. The van der Waals surface area contributed by atoms with Crippen molar-refractivity contribution in [2.75, 3.05) is 20.1 Å². The van der Waals surface area contributed by atoms with E-state index >= 15 is 0 Å². The van der Waals surface area contributed by atoms with Crippen LogP contribution in [-0.4, -0.2) is 61.6 Å². The summed E-state index contributed by atoms with van der Waals surface area (Å²) in [5, 5.41) is 23.0. The first-order valence-corrected chi connectivity index (χ1v) is 13.4. The van der Waals surface area contributed by atoms with Crippen LogP contribution in [0, 0.1) is 0 Å². The van der Waals surface area contributed by atoms with Gasteiger partial charge in [-0.2, -0.15) is 0 Å². The number of carbonyl (C=O) groups is 2. The number of hydrogen-bond donors (Lipinski definition) is 3. The molecular weight excluding hydrogens is 516 g/mol. The van der Waals surface area contributed by atoms with Gasteiger partial charge in [-0.05, 0) is 73.0 Å². The number of nitrogens with zero attached hydrogens (tertiary/aromatic N) is 1. The summed E-state index contributed by atoms with van der Waals surface area (Å²) >= 11 is 5.98. The molecule has 3 N–H and O–H groups in total. The van der Waals surface area contributed by atoms with E-state index in [0.29, 0.717) is 18.0 Å². The fourth-order valence-corrected chi connectivity index (χ4v) is 5.24. The van der Waals surface area contributed by atoms with Crippen LogP contribution in [0.2, 0.25) is 5.02 Å². The van der Waals surface area contributed by atoms with Crippen LogP contribution in [0.1, 0.15) is 34.5 Å². The summed E-state index contributed by atoms with van der Waals surface area (Å²) in [4.78, 5) is 24.3. The second-order valence-electron chi connectivity index (χ2n) is 8.81. The van der Waals surface area contributed by atoms with Gasteiger partial charge in [0, 0.05) is 30.2 Å². The Morgan fingerprint density at radius 2 is 1.59 bits per heavy atom. The Hall–Kier alpha value is -3.24. The van der Waals surface area contributed by atoms with Gasteiger partial charge in [0.1, 0.15) is 6.54 Å². The number of aliphatic hydroxyl groups excluding tert-OH is 1. The number of carboxylic acids is 1. The highest BCUT2D eigenvalue weighted by atomic mass is 35.5. The lowest BCUT2D eigenvalue weighted by Crippen LogP contribution is -2.32. The molecule has 3 rings (SSSR count). The molecule has 0 radical (unpaired) electrons. The molecule has 3 aromatic carbocycles. The van der Waals surface area contributed by atoms with E-state index < -0.39 is 34.4 Å². The van der Waals surface area contributed by atoms with Gasteiger partial charge in [-0.25, -0.2) is 8.42 Å². The SMILES string of the molecule is C[C@H](Cc1ccc(S(=O)(=O)c2ccc(C(=O)N(C)CC(=O)O)cc2)cc1)NC[C@H](O)c1cccc(Cl)c1. The van der Waals surface area contributed by atoms with E-state index in [2.05, 4.69) is 5.32 Å². The number of likely N-dealkylation sites (N-methyl/N-ethyl adjacent to an activating group) is 1. The van der Waals surface area contributed by atoms with Crippen LogP contribution in [-0.2, 0) is 21.1 Å². The largest absolute Gasteiger partial charge is 0.480 e. The molecule has 0 saturated heterocycles. The Kier molecular flexibility index (Phi) is 9.45. The molecule has 3 aromatic rings. The first kappa shape index (κ1) is 28.3. The highest BCUT2D eigenvalue weighted by Crippen LogP contribution is 2.23. The fraction of sp³-hybridized carbons (Fsp3) is 0.259. The molecule has 8 nitrogen and oxygen atoms in total. The topological polar surface area (TPSA) is 124 Å². The first-order chi connectivity index (χ1) is 17.5. The van der Waals surface area contributed by atoms with E-state index in [1.165, 1.54) is 43.4 Å². The Morgan fingerprint density at radius 3 is 2.16 bits per heavy atom. The van der Waals surface area contributed by atoms with E-state index in [4.69, 9.17) is 16.7 Å². The highest BCUT2D eigenvalue weighted by molar-refractivity contribution is 7.91. The predicted molar refractivity (Wildman–Crippen MR) is 141 cm³/mol. The van der Waals surface area contributed by atoms with Crippen LogP contribution in [0.4, 0.5) is 0 Å². The van der Waals surface area contributed by atoms with Gasteiger partial charge in [0.15, 0.2) is 0 Å². The summed E-state index contributed by atoms with van der Waals surface area (Å²) in [6, 6.07) is 19.1. The lowest BCUT2D eigenvalue weighted by molar-refractivity contribution is -0.137. The molecule has 0 spiro atoms. The number of rotatable bonds is 11. The van der Waals surface area contributed by atoms with E-state index in [1.54, 1.807) is 30.3 Å². The normalized spacial score (nSPS) is 13.1. The zero-order valence-electron chi connectivity index (χ0n) is 20.5. The van der Waals surface area contributed by atoms with Crippen molar-refractivity contribution in [3.63, 3.8) is 0 Å². The Labute approximate surface area is 221 Å². The maximum atomic E-state index is 13.0. The van der Waals surface area contributed by atoms with Crippen LogP contribution in [0.5, 0.6) is 0 Å². The zero-order chi connectivity index (χ0) is 27.2. The van der Waals surface area contributed by atoms with Gasteiger partial charge in [0.05, 0.1) is 15.9 Å². The van der Waals surface area contributed by atoms with Crippen molar-refractivity contribution in [2.24, 2.45) is 0 Å². The van der Waals surface area contributed by atoms with Crippen molar-refractivity contribution in [3.8, 4) is 0 Å². The number of nitrogens with one attached hydrogen (secondary N) is 1. The minimum atomic E-state index is -3.80. The van der Waals surface area contributed by atoms with Gasteiger partial charge < -0.3 is 20.4 Å². The number of aliphatic hydroxyl groups is 1. The van der Waals surface area contributed by atoms with Crippen molar-refractivity contribution in [3.05, 3.63) is 94.5 Å². The van der Waals surface area contributed by atoms with Gasteiger partial charge in [-0.15, -0.1) is 0 Å². The average Bonchev–Trinajstić information content (AvgIpc) is 2.86. The second-order valence-corrected chi connectivity index (χ2v) is 11.2. The maximum absolute atomic E-state index is 13.0. The Bertz CT molecular complexity index is 1340. The highest BCUT2D eigenvalue weighted by Gasteiger charge is 2.20. The molecule has 0 aliphatic heterocycles. The number of carbonyl (C=O) groups excluding carboxylic acids is 1. The Balaban J connectivity index is 1.60. The molecule has 196 valence electrons. The molecule has 0 fully saturated rings. The summed E-state index contributed by atoms with van der Waals surface area (Å²) in [6.45, 7) is 1.87. The number of aliphatic carboxylic acids is 1. The van der Waals surface area contributed by atoms with Crippen LogP contribution >= 0.6 is 11.6 Å². The van der Waals surface area contributed by atoms with E-state index in [1.807, 2.05) is 13.0 Å². The molecule has 0 heterocycles. The minimum Gasteiger partial charge on any atom is -0.480 e. The van der Waals surface area contributed by atoms with Crippen molar-refractivity contribution in [1.82, 2.24) is 10.2 Å². The number of carboxylic acid groups (broad SMARTS) is 1. The minimum absolute atomic E-state index is 0.0284. The van der Waals surface area contributed by atoms with Gasteiger partial charge in [-0.1, -0.05) is 35.9 Å². The van der Waals surface area contributed by atoms with E-state index in [9.17, 15) is 23.1 Å². The molecule has 0 unspecified atom stereocenters. The monoisotopic (exact) mass is 544 g/mol. The third kappa shape index (κ3) is 7.62. The van der Waals surface area contributed by atoms with Crippen molar-refractivity contribution < 1.29 is 28.2 Å². The molecule has 0 aliphatic rings. The third-order valence-electron chi connectivity index (χ3n) is 5.80. The van der Waals surface area contributed by atoms with Gasteiger partial charge in [0.2, 0.25) is 9.84 Å². The molecule has 0 bridgehead atoms. The molecule has 10 heteroatoms. The molecule has 0 aliphatic carbocycles. The zero-order valence-corrected chi connectivity index (χ0v) is 22.0. The van der Waals surface area contributed by atoms with Crippen molar-refractivity contribution in [1.29, 1.82) is 0 Å². The number of hydrogen-bond acceptors (Lipinski definition) is 6. The second kappa shape index (κ2) is 12.3. The molecule has 37 heavy (non-hydrogen) atoms. The lowest BCUT2D eigenvalue weighted by Gasteiger charge is -2.18. The molecular formula is C27H29ClN2O6S. The number of halogens is 1. The predicted octanol–water partition coefficient (Wildman–Crippen LogP) is 3.58. The van der Waals surface area contributed by atoms with Crippen LogP contribution < -0.4 is 5.32 Å². The summed E-state index contributed by atoms with van der Waals surface area (Å²) in [6.07, 6.45) is -0.0728. The van der Waals surface area contributed by atoms with E-state index in [-0.39, 0.29) is 21.4 Å². The smallest absolute Gasteiger partial charge is 0.323 e. The van der Waals surface area contributed by atoms with Gasteiger partial charge >= 0.3 is 5.97 Å². The van der Waals surface area contributed by atoms with Gasteiger partial charge in [0.25, 0.3) is 5.91 Å². The van der Waals surface area contributed by atoms with Crippen molar-refractivity contribution >= 4 is 33.3 Å². The maximum Gasteiger partial charge on any atom is 0.323 e. The van der Waals surface area contributed by atoms with E-state index in [0.717, 1.165) is 16.0 Å². The quantitative estimate of drug-likeness (QED) is 0.337. The lowest BCUT2D eigenvalue weighted by atomic mass is 10.1. The summed E-state index contributed by atoms with van der Waals surface area (Å²) in [7, 11) is -2.44. The van der Waals surface area contributed by atoms with Crippen molar-refractivity contribution in [2.45, 2.75) is 35.3 Å².